The van der Waals surface area contributed by atoms with Crippen molar-refractivity contribution in [2.24, 2.45) is 13.0 Å². The van der Waals surface area contributed by atoms with Crippen molar-refractivity contribution in [3.63, 3.8) is 0 Å². The number of likely N-dealkylation sites (N-methyl/N-ethyl adjacent to an activating group) is 1. The molecule has 0 spiro atoms. The van der Waals surface area contributed by atoms with Crippen molar-refractivity contribution >= 4 is 5.91 Å². The van der Waals surface area contributed by atoms with Crippen LogP contribution in [0.1, 0.15) is 12.6 Å². The highest BCUT2D eigenvalue weighted by molar-refractivity contribution is 5.79. The molecule has 1 fully saturated rings. The van der Waals surface area contributed by atoms with Crippen molar-refractivity contribution in [3.8, 4) is 0 Å². The van der Waals surface area contributed by atoms with Gasteiger partial charge in [0, 0.05) is 19.3 Å². The first kappa shape index (κ1) is 13.0. The zero-order valence-corrected chi connectivity index (χ0v) is 10.8. The van der Waals surface area contributed by atoms with E-state index in [1.165, 1.54) is 0 Å². The molecule has 2 rings (SSSR count). The highest BCUT2D eigenvalue weighted by atomic mass is 16.5. The van der Waals surface area contributed by atoms with Crippen LogP contribution in [-0.2, 0) is 23.1 Å². The van der Waals surface area contributed by atoms with E-state index in [4.69, 9.17) is 4.74 Å². The van der Waals surface area contributed by atoms with E-state index in [-0.39, 0.29) is 17.9 Å². The molecule has 2 unspecified atom stereocenters. The molecule has 1 aromatic heterocycles. The second kappa shape index (κ2) is 5.97. The van der Waals surface area contributed by atoms with Crippen LogP contribution in [0.4, 0.5) is 0 Å². The number of nitrogens with zero attached hydrogens (tertiary/aromatic N) is 2. The molecule has 0 saturated carbocycles. The number of ether oxygens (including phenoxy) is 1. The Morgan fingerprint density at radius 3 is 3.11 bits per heavy atom. The van der Waals surface area contributed by atoms with Crippen molar-refractivity contribution < 1.29 is 9.53 Å². The standard InChI is InChI=1S/C12H20N4O2/c1-3-13-11-8-18-7-10(11)12(17)14-6-9-4-5-16(2)15-9/h4-5,10-11,13H,3,6-8H2,1-2H3,(H,14,17). The summed E-state index contributed by atoms with van der Waals surface area (Å²) in [6, 6.07) is 2.02. The number of rotatable bonds is 5. The molecule has 0 bridgehead atoms. The molecule has 0 aliphatic carbocycles. The van der Waals surface area contributed by atoms with Gasteiger partial charge in [-0.1, -0.05) is 6.92 Å². The van der Waals surface area contributed by atoms with Crippen LogP contribution in [0.2, 0.25) is 0 Å². The van der Waals surface area contributed by atoms with Crippen LogP contribution in [0.15, 0.2) is 12.3 Å². The predicted octanol–water partition coefficient (Wildman–Crippen LogP) is -0.339. The summed E-state index contributed by atoms with van der Waals surface area (Å²) in [4.78, 5) is 12.0. The Morgan fingerprint density at radius 1 is 1.61 bits per heavy atom. The number of amides is 1. The molecule has 2 N–H and O–H groups in total. The topological polar surface area (TPSA) is 68.2 Å². The van der Waals surface area contributed by atoms with Gasteiger partial charge in [0.2, 0.25) is 5.91 Å². The third-order valence-corrected chi connectivity index (χ3v) is 3.10. The molecular weight excluding hydrogens is 232 g/mol. The van der Waals surface area contributed by atoms with Gasteiger partial charge in [0.15, 0.2) is 0 Å². The van der Waals surface area contributed by atoms with Crippen LogP contribution in [0.3, 0.4) is 0 Å². The summed E-state index contributed by atoms with van der Waals surface area (Å²) in [5.74, 6) is -0.0715. The minimum absolute atomic E-state index is 0.0316. The number of aryl methyl sites for hydroxylation is 1. The number of hydrogen-bond acceptors (Lipinski definition) is 4. The average Bonchev–Trinajstić information content (AvgIpc) is 2.96. The van der Waals surface area contributed by atoms with Crippen LogP contribution in [-0.4, -0.2) is 41.5 Å². The van der Waals surface area contributed by atoms with E-state index >= 15 is 0 Å². The lowest BCUT2D eigenvalue weighted by Crippen LogP contribution is -2.43. The van der Waals surface area contributed by atoms with Gasteiger partial charge in [0.25, 0.3) is 0 Å². The Morgan fingerprint density at radius 2 is 2.44 bits per heavy atom. The minimum Gasteiger partial charge on any atom is -0.379 e. The van der Waals surface area contributed by atoms with Crippen LogP contribution >= 0.6 is 0 Å². The number of carbonyl (C=O) groups excluding carboxylic acids is 1. The molecular formula is C12H20N4O2. The third-order valence-electron chi connectivity index (χ3n) is 3.10. The van der Waals surface area contributed by atoms with Crippen molar-refractivity contribution in [1.82, 2.24) is 20.4 Å². The number of hydrogen-bond donors (Lipinski definition) is 2. The van der Waals surface area contributed by atoms with Crippen LogP contribution in [0.5, 0.6) is 0 Å². The molecule has 1 aliphatic heterocycles. The van der Waals surface area contributed by atoms with Gasteiger partial charge in [0.05, 0.1) is 31.4 Å². The lowest BCUT2D eigenvalue weighted by molar-refractivity contribution is -0.125. The average molecular weight is 252 g/mol. The second-order valence-corrected chi connectivity index (χ2v) is 4.51. The highest BCUT2D eigenvalue weighted by Crippen LogP contribution is 2.13. The van der Waals surface area contributed by atoms with Crippen LogP contribution in [0, 0.1) is 5.92 Å². The predicted molar refractivity (Wildman–Crippen MR) is 66.8 cm³/mol. The molecule has 18 heavy (non-hydrogen) atoms. The van der Waals surface area contributed by atoms with Crippen molar-refractivity contribution in [2.45, 2.75) is 19.5 Å². The second-order valence-electron chi connectivity index (χ2n) is 4.51. The third kappa shape index (κ3) is 3.08. The van der Waals surface area contributed by atoms with Crippen molar-refractivity contribution in [2.75, 3.05) is 19.8 Å². The Hall–Kier alpha value is -1.40. The Bertz CT molecular complexity index is 405. The SMILES string of the molecule is CCNC1COCC1C(=O)NCc1ccn(C)n1. The molecule has 2 heterocycles. The summed E-state index contributed by atoms with van der Waals surface area (Å²) in [5, 5.41) is 10.4. The van der Waals surface area contributed by atoms with Gasteiger partial charge in [-0.3, -0.25) is 9.48 Å². The molecule has 1 saturated heterocycles. The van der Waals surface area contributed by atoms with Crippen molar-refractivity contribution in [3.05, 3.63) is 18.0 Å². The molecule has 1 amide bonds. The first-order valence-corrected chi connectivity index (χ1v) is 6.28. The summed E-state index contributed by atoms with van der Waals surface area (Å²) in [7, 11) is 1.86. The normalized spacial score (nSPS) is 23.2. The summed E-state index contributed by atoms with van der Waals surface area (Å²) in [6.45, 7) is 4.44. The molecule has 1 aliphatic rings. The molecule has 6 heteroatoms. The van der Waals surface area contributed by atoms with Gasteiger partial charge >= 0.3 is 0 Å². The van der Waals surface area contributed by atoms with Gasteiger partial charge in [-0.05, 0) is 12.6 Å². The fourth-order valence-electron chi connectivity index (χ4n) is 2.14. The zero-order chi connectivity index (χ0) is 13.0. The maximum atomic E-state index is 12.0. The number of carbonyl (C=O) groups is 1. The first-order valence-electron chi connectivity index (χ1n) is 6.28. The van der Waals surface area contributed by atoms with Gasteiger partial charge in [-0.25, -0.2) is 0 Å². The lowest BCUT2D eigenvalue weighted by Gasteiger charge is -2.17. The van der Waals surface area contributed by atoms with Gasteiger partial charge < -0.3 is 15.4 Å². The number of aromatic nitrogens is 2. The molecule has 0 aromatic carbocycles. The fourth-order valence-corrected chi connectivity index (χ4v) is 2.14. The van der Waals surface area contributed by atoms with E-state index in [0.717, 1.165) is 12.2 Å². The summed E-state index contributed by atoms with van der Waals surface area (Å²) >= 11 is 0. The number of nitrogens with one attached hydrogen (secondary N) is 2. The van der Waals surface area contributed by atoms with Gasteiger partial charge in [-0.15, -0.1) is 0 Å². The van der Waals surface area contributed by atoms with Crippen molar-refractivity contribution in [1.29, 1.82) is 0 Å². The molecule has 100 valence electrons. The quantitative estimate of drug-likeness (QED) is 0.752. The largest absolute Gasteiger partial charge is 0.379 e. The molecule has 0 radical (unpaired) electrons. The zero-order valence-electron chi connectivity index (χ0n) is 10.8. The van der Waals surface area contributed by atoms with E-state index in [0.29, 0.717) is 19.8 Å². The summed E-state index contributed by atoms with van der Waals surface area (Å²) in [6.07, 6.45) is 1.86. The first-order chi connectivity index (χ1) is 8.70. The maximum absolute atomic E-state index is 12.0. The van der Waals surface area contributed by atoms with E-state index in [1.807, 2.05) is 26.2 Å². The Balaban J connectivity index is 1.83. The minimum atomic E-state index is -0.103. The molecule has 1 aromatic rings. The summed E-state index contributed by atoms with van der Waals surface area (Å²) in [5.41, 5.74) is 0.866. The van der Waals surface area contributed by atoms with E-state index in [9.17, 15) is 4.79 Å². The Kier molecular flexibility index (Phi) is 4.33. The maximum Gasteiger partial charge on any atom is 0.227 e. The highest BCUT2D eigenvalue weighted by Gasteiger charge is 2.33. The summed E-state index contributed by atoms with van der Waals surface area (Å²) < 4.78 is 7.08. The molecule has 2 atom stereocenters. The van der Waals surface area contributed by atoms with E-state index < -0.39 is 0 Å². The van der Waals surface area contributed by atoms with E-state index in [1.54, 1.807) is 4.68 Å². The van der Waals surface area contributed by atoms with Crippen LogP contribution in [0.25, 0.3) is 0 Å². The van der Waals surface area contributed by atoms with Crippen LogP contribution < -0.4 is 10.6 Å². The fraction of sp³-hybridized carbons (Fsp3) is 0.667. The van der Waals surface area contributed by atoms with Gasteiger partial charge in [0.1, 0.15) is 0 Å². The smallest absolute Gasteiger partial charge is 0.227 e. The lowest BCUT2D eigenvalue weighted by atomic mass is 10.0. The van der Waals surface area contributed by atoms with E-state index in [2.05, 4.69) is 15.7 Å². The monoisotopic (exact) mass is 252 g/mol. The Labute approximate surface area is 107 Å². The van der Waals surface area contributed by atoms with Gasteiger partial charge in [-0.2, -0.15) is 5.10 Å². The molecule has 6 nitrogen and oxygen atoms in total.